The molecule has 1 fully saturated rings. The molecule has 0 aromatic carbocycles. The van der Waals surface area contributed by atoms with Crippen molar-refractivity contribution >= 4 is 12.1 Å². The number of ether oxygens (including phenoxy) is 1. The van der Waals surface area contributed by atoms with E-state index in [2.05, 4.69) is 21.9 Å². The molecule has 116 valence electrons. The Morgan fingerprint density at radius 1 is 1.40 bits per heavy atom. The molecule has 0 aliphatic carbocycles. The monoisotopic (exact) mass is 286 g/mol. The summed E-state index contributed by atoms with van der Waals surface area (Å²) in [5, 5.41) is 11.6. The van der Waals surface area contributed by atoms with Crippen LogP contribution in [0.4, 0.5) is 4.79 Å². The number of carboxylic acid groups (broad SMARTS) is 1. The molecule has 0 radical (unpaired) electrons. The summed E-state index contributed by atoms with van der Waals surface area (Å²) in [6.07, 6.45) is 4.12. The van der Waals surface area contributed by atoms with Crippen LogP contribution in [0.25, 0.3) is 0 Å². The standard InChI is InChI=1S/C14H26N2O4/c1-3-4-5-11-8-12(15-14(19)20-2)10-16(9-11)7-6-13(17)18/h11-12H,3-10H2,1-2H3,(H,15,19)(H,17,18). The van der Waals surface area contributed by atoms with Crippen molar-refractivity contribution in [2.45, 2.75) is 45.1 Å². The molecule has 1 saturated heterocycles. The van der Waals surface area contributed by atoms with Crippen molar-refractivity contribution in [3.8, 4) is 0 Å². The van der Waals surface area contributed by atoms with E-state index in [-0.39, 0.29) is 12.5 Å². The van der Waals surface area contributed by atoms with E-state index in [1.54, 1.807) is 0 Å². The maximum Gasteiger partial charge on any atom is 0.407 e. The third-order valence-electron chi connectivity index (χ3n) is 3.73. The number of piperidine rings is 1. The van der Waals surface area contributed by atoms with Gasteiger partial charge in [-0.25, -0.2) is 4.79 Å². The van der Waals surface area contributed by atoms with Crippen molar-refractivity contribution in [3.05, 3.63) is 0 Å². The minimum atomic E-state index is -0.779. The Kier molecular flexibility index (Phi) is 7.36. The van der Waals surface area contributed by atoms with Gasteiger partial charge in [0, 0.05) is 25.7 Å². The summed E-state index contributed by atoms with van der Waals surface area (Å²) in [5.41, 5.74) is 0. The van der Waals surface area contributed by atoms with E-state index in [1.807, 2.05) is 0 Å². The molecule has 1 heterocycles. The molecule has 1 aliphatic rings. The van der Waals surface area contributed by atoms with E-state index in [9.17, 15) is 9.59 Å². The number of aliphatic carboxylic acids is 1. The van der Waals surface area contributed by atoms with Crippen LogP contribution in [0.15, 0.2) is 0 Å². The SMILES string of the molecule is CCCCC1CC(NC(=O)OC)CN(CCC(=O)O)C1. The molecule has 2 unspecified atom stereocenters. The highest BCUT2D eigenvalue weighted by Gasteiger charge is 2.28. The van der Waals surface area contributed by atoms with Crippen LogP contribution in [-0.2, 0) is 9.53 Å². The van der Waals surface area contributed by atoms with E-state index >= 15 is 0 Å². The van der Waals surface area contributed by atoms with Gasteiger partial charge in [0.2, 0.25) is 0 Å². The lowest BCUT2D eigenvalue weighted by molar-refractivity contribution is -0.137. The van der Waals surface area contributed by atoms with Gasteiger partial charge in [0.15, 0.2) is 0 Å². The summed E-state index contributed by atoms with van der Waals surface area (Å²) in [7, 11) is 1.36. The van der Waals surface area contributed by atoms with Crippen LogP contribution in [-0.4, -0.2) is 54.9 Å². The molecule has 0 spiro atoms. The molecule has 0 aromatic rings. The Labute approximate surface area is 120 Å². The van der Waals surface area contributed by atoms with Crippen LogP contribution in [0.3, 0.4) is 0 Å². The highest BCUT2D eigenvalue weighted by atomic mass is 16.5. The molecule has 2 atom stereocenters. The van der Waals surface area contributed by atoms with Gasteiger partial charge in [0.25, 0.3) is 0 Å². The van der Waals surface area contributed by atoms with Crippen molar-refractivity contribution in [2.24, 2.45) is 5.92 Å². The number of rotatable bonds is 7. The van der Waals surface area contributed by atoms with E-state index in [1.165, 1.54) is 13.5 Å². The minimum Gasteiger partial charge on any atom is -0.481 e. The Morgan fingerprint density at radius 3 is 2.75 bits per heavy atom. The van der Waals surface area contributed by atoms with Crippen LogP contribution < -0.4 is 5.32 Å². The van der Waals surface area contributed by atoms with Gasteiger partial charge in [-0.05, 0) is 18.8 Å². The van der Waals surface area contributed by atoms with Crippen molar-refractivity contribution < 1.29 is 19.4 Å². The molecule has 1 rings (SSSR count). The fourth-order valence-electron chi connectivity index (χ4n) is 2.77. The summed E-state index contributed by atoms with van der Waals surface area (Å²) in [4.78, 5) is 24.1. The number of nitrogens with zero attached hydrogens (tertiary/aromatic N) is 1. The Balaban J connectivity index is 2.52. The first-order valence-corrected chi connectivity index (χ1v) is 7.33. The van der Waals surface area contributed by atoms with E-state index in [0.717, 1.165) is 25.8 Å². The third kappa shape index (κ3) is 6.23. The number of likely N-dealkylation sites (tertiary alicyclic amines) is 1. The van der Waals surface area contributed by atoms with Crippen LogP contribution in [0.2, 0.25) is 0 Å². The number of amides is 1. The number of hydrogen-bond acceptors (Lipinski definition) is 4. The fraction of sp³-hybridized carbons (Fsp3) is 0.857. The maximum absolute atomic E-state index is 11.3. The number of alkyl carbamates (subject to hydrolysis) is 1. The second kappa shape index (κ2) is 8.79. The van der Waals surface area contributed by atoms with Crippen molar-refractivity contribution in [1.82, 2.24) is 10.2 Å². The van der Waals surface area contributed by atoms with Gasteiger partial charge >= 0.3 is 12.1 Å². The first kappa shape index (κ1) is 16.8. The van der Waals surface area contributed by atoms with Gasteiger partial charge in [-0.3, -0.25) is 4.79 Å². The summed E-state index contributed by atoms with van der Waals surface area (Å²) in [6.45, 7) is 4.32. The van der Waals surface area contributed by atoms with Crippen molar-refractivity contribution in [3.63, 3.8) is 0 Å². The maximum atomic E-state index is 11.3. The van der Waals surface area contributed by atoms with Crippen LogP contribution >= 0.6 is 0 Å². The van der Waals surface area contributed by atoms with E-state index in [4.69, 9.17) is 5.11 Å². The zero-order valence-corrected chi connectivity index (χ0v) is 12.4. The van der Waals surface area contributed by atoms with E-state index in [0.29, 0.717) is 19.0 Å². The molecule has 0 bridgehead atoms. The predicted molar refractivity (Wildman–Crippen MR) is 75.7 cm³/mol. The topological polar surface area (TPSA) is 78.9 Å². The van der Waals surface area contributed by atoms with Gasteiger partial charge in [-0.1, -0.05) is 19.8 Å². The number of hydrogen-bond donors (Lipinski definition) is 2. The smallest absolute Gasteiger partial charge is 0.407 e. The summed E-state index contributed by atoms with van der Waals surface area (Å²) in [5.74, 6) is -0.266. The number of methoxy groups -OCH3 is 1. The molecule has 6 nitrogen and oxygen atoms in total. The number of carbonyl (C=O) groups is 2. The fourth-order valence-corrected chi connectivity index (χ4v) is 2.77. The molecule has 20 heavy (non-hydrogen) atoms. The molecule has 6 heteroatoms. The van der Waals surface area contributed by atoms with Crippen LogP contribution in [0.5, 0.6) is 0 Å². The Morgan fingerprint density at radius 2 is 2.15 bits per heavy atom. The lowest BCUT2D eigenvalue weighted by atomic mass is 9.90. The average Bonchev–Trinajstić information content (AvgIpc) is 2.42. The van der Waals surface area contributed by atoms with Crippen molar-refractivity contribution in [2.75, 3.05) is 26.7 Å². The molecule has 1 amide bonds. The van der Waals surface area contributed by atoms with Gasteiger partial charge < -0.3 is 20.1 Å². The first-order chi connectivity index (χ1) is 9.55. The highest BCUT2D eigenvalue weighted by Crippen LogP contribution is 2.22. The summed E-state index contributed by atoms with van der Waals surface area (Å²) < 4.78 is 4.64. The normalized spacial score (nSPS) is 23.3. The molecule has 2 N–H and O–H groups in total. The summed E-state index contributed by atoms with van der Waals surface area (Å²) >= 11 is 0. The van der Waals surface area contributed by atoms with Gasteiger partial charge in [-0.15, -0.1) is 0 Å². The van der Waals surface area contributed by atoms with Gasteiger partial charge in [0.05, 0.1) is 13.5 Å². The van der Waals surface area contributed by atoms with Gasteiger partial charge in [0.1, 0.15) is 0 Å². The number of nitrogens with one attached hydrogen (secondary N) is 1. The van der Waals surface area contributed by atoms with E-state index < -0.39 is 12.1 Å². The van der Waals surface area contributed by atoms with Crippen LogP contribution in [0.1, 0.15) is 39.0 Å². The highest BCUT2D eigenvalue weighted by molar-refractivity contribution is 5.67. The molecule has 0 aromatic heterocycles. The molecular formula is C14H26N2O4. The van der Waals surface area contributed by atoms with Crippen molar-refractivity contribution in [1.29, 1.82) is 0 Å². The zero-order valence-electron chi connectivity index (χ0n) is 12.4. The Hall–Kier alpha value is -1.30. The number of carboxylic acids is 1. The second-order valence-corrected chi connectivity index (χ2v) is 5.48. The van der Waals surface area contributed by atoms with Gasteiger partial charge in [-0.2, -0.15) is 0 Å². The predicted octanol–water partition coefficient (Wildman–Crippen LogP) is 1.70. The third-order valence-corrected chi connectivity index (χ3v) is 3.73. The lowest BCUT2D eigenvalue weighted by Crippen LogP contribution is -2.51. The number of carbonyl (C=O) groups excluding carboxylic acids is 1. The Bertz CT molecular complexity index is 322. The lowest BCUT2D eigenvalue weighted by Gasteiger charge is -2.37. The zero-order chi connectivity index (χ0) is 15.0. The van der Waals surface area contributed by atoms with Crippen LogP contribution in [0, 0.1) is 5.92 Å². The largest absolute Gasteiger partial charge is 0.481 e. The average molecular weight is 286 g/mol. The molecule has 0 saturated carbocycles. The first-order valence-electron chi connectivity index (χ1n) is 7.33. The number of unbranched alkanes of at least 4 members (excludes halogenated alkanes) is 1. The summed E-state index contributed by atoms with van der Waals surface area (Å²) in [6, 6.07) is 0.0480. The second-order valence-electron chi connectivity index (χ2n) is 5.48. The quantitative estimate of drug-likeness (QED) is 0.744. The molecular weight excluding hydrogens is 260 g/mol. The minimum absolute atomic E-state index is 0.0480. The molecule has 1 aliphatic heterocycles.